The molecule has 0 heterocycles. The first kappa shape index (κ1) is 18.4. The van der Waals surface area contributed by atoms with Crippen molar-refractivity contribution in [1.82, 2.24) is 0 Å². The molecule has 2 amide bonds. The average molecular weight is 358 g/mol. The molecule has 0 bridgehead atoms. The second-order valence-electron chi connectivity index (χ2n) is 6.60. The van der Waals surface area contributed by atoms with Gasteiger partial charge in [0.25, 0.3) is 11.8 Å². The highest BCUT2D eigenvalue weighted by atomic mass is 16.2. The van der Waals surface area contributed by atoms with Crippen LogP contribution in [0.25, 0.3) is 0 Å². The van der Waals surface area contributed by atoms with E-state index in [1.54, 1.807) is 24.3 Å². The highest BCUT2D eigenvalue weighted by Crippen LogP contribution is 2.17. The van der Waals surface area contributed by atoms with Crippen molar-refractivity contribution < 1.29 is 9.59 Å². The number of para-hydroxylation sites is 1. The van der Waals surface area contributed by atoms with Crippen LogP contribution in [0.4, 0.5) is 11.4 Å². The smallest absolute Gasteiger partial charge is 0.255 e. The van der Waals surface area contributed by atoms with Crippen LogP contribution in [0.2, 0.25) is 0 Å². The van der Waals surface area contributed by atoms with Gasteiger partial charge in [-0.2, -0.15) is 0 Å². The summed E-state index contributed by atoms with van der Waals surface area (Å²) in [6, 6.07) is 20.0. The first-order valence-electron chi connectivity index (χ1n) is 8.79. The van der Waals surface area contributed by atoms with Crippen LogP contribution in [0.5, 0.6) is 0 Å². The topological polar surface area (TPSA) is 58.2 Å². The van der Waals surface area contributed by atoms with Crippen LogP contribution >= 0.6 is 0 Å². The van der Waals surface area contributed by atoms with Gasteiger partial charge in [0.15, 0.2) is 0 Å². The van der Waals surface area contributed by atoms with Crippen molar-refractivity contribution in [1.29, 1.82) is 0 Å². The number of carbonyl (C=O) groups is 2. The highest BCUT2D eigenvalue weighted by molar-refractivity contribution is 6.07. The van der Waals surface area contributed by atoms with Crippen molar-refractivity contribution in [2.75, 3.05) is 10.6 Å². The number of hydrogen-bond donors (Lipinski definition) is 2. The third-order valence-electron chi connectivity index (χ3n) is 4.57. The molecule has 0 aliphatic carbocycles. The maximum atomic E-state index is 12.4. The summed E-state index contributed by atoms with van der Waals surface area (Å²) in [7, 11) is 0. The molecule has 3 aromatic carbocycles. The van der Waals surface area contributed by atoms with Crippen LogP contribution in [0.3, 0.4) is 0 Å². The molecule has 0 radical (unpaired) electrons. The second kappa shape index (κ2) is 7.87. The molecule has 2 N–H and O–H groups in total. The van der Waals surface area contributed by atoms with Crippen LogP contribution in [0, 0.1) is 20.8 Å². The summed E-state index contributed by atoms with van der Waals surface area (Å²) in [6.45, 7) is 5.98. The van der Waals surface area contributed by atoms with Gasteiger partial charge in [-0.1, -0.05) is 24.3 Å². The summed E-state index contributed by atoms with van der Waals surface area (Å²) in [4.78, 5) is 24.8. The molecule has 0 fully saturated rings. The minimum atomic E-state index is -0.205. The molecule has 0 aliphatic rings. The number of rotatable bonds is 4. The molecular formula is C23H22N2O2. The summed E-state index contributed by atoms with van der Waals surface area (Å²) >= 11 is 0. The monoisotopic (exact) mass is 358 g/mol. The van der Waals surface area contributed by atoms with Gasteiger partial charge in [-0.3, -0.25) is 9.59 Å². The Hall–Kier alpha value is -3.40. The SMILES string of the molecule is Cc1ccc(NC(=O)c2ccc(C(=O)Nc3ccccc3C)cc2)cc1C. The fourth-order valence-electron chi connectivity index (χ4n) is 2.70. The lowest BCUT2D eigenvalue weighted by Gasteiger charge is -2.10. The number of amides is 2. The molecule has 0 aromatic heterocycles. The number of aryl methyl sites for hydroxylation is 3. The van der Waals surface area contributed by atoms with Gasteiger partial charge in [0.1, 0.15) is 0 Å². The summed E-state index contributed by atoms with van der Waals surface area (Å²) in [6.07, 6.45) is 0. The Morgan fingerprint density at radius 2 is 1.22 bits per heavy atom. The molecule has 4 heteroatoms. The summed E-state index contributed by atoms with van der Waals surface area (Å²) in [5.74, 6) is -0.408. The van der Waals surface area contributed by atoms with E-state index in [1.807, 2.05) is 63.2 Å². The molecule has 0 spiro atoms. The van der Waals surface area contributed by atoms with E-state index in [2.05, 4.69) is 10.6 Å². The summed E-state index contributed by atoms with van der Waals surface area (Å²) in [5.41, 5.74) is 5.83. The lowest BCUT2D eigenvalue weighted by Crippen LogP contribution is -2.14. The van der Waals surface area contributed by atoms with Crippen LogP contribution in [-0.4, -0.2) is 11.8 Å². The average Bonchev–Trinajstić information content (AvgIpc) is 2.66. The summed E-state index contributed by atoms with van der Waals surface area (Å²) in [5, 5.41) is 5.77. The molecule has 27 heavy (non-hydrogen) atoms. The van der Waals surface area contributed by atoms with Gasteiger partial charge in [0, 0.05) is 22.5 Å². The van der Waals surface area contributed by atoms with Crippen molar-refractivity contribution in [3.05, 3.63) is 94.5 Å². The lowest BCUT2D eigenvalue weighted by molar-refractivity contribution is 0.101. The van der Waals surface area contributed by atoms with Crippen molar-refractivity contribution in [2.45, 2.75) is 20.8 Å². The predicted molar refractivity (Wildman–Crippen MR) is 109 cm³/mol. The molecule has 0 unspecified atom stereocenters. The van der Waals surface area contributed by atoms with Crippen molar-refractivity contribution >= 4 is 23.2 Å². The maximum absolute atomic E-state index is 12.4. The molecule has 4 nitrogen and oxygen atoms in total. The van der Waals surface area contributed by atoms with Crippen LogP contribution in [-0.2, 0) is 0 Å². The van der Waals surface area contributed by atoms with Crippen LogP contribution in [0.15, 0.2) is 66.7 Å². The van der Waals surface area contributed by atoms with Gasteiger partial charge in [-0.15, -0.1) is 0 Å². The van der Waals surface area contributed by atoms with E-state index in [4.69, 9.17) is 0 Å². The van der Waals surface area contributed by atoms with Crippen LogP contribution in [0.1, 0.15) is 37.4 Å². The Labute approximate surface area is 159 Å². The molecule has 0 saturated heterocycles. The molecule has 3 rings (SSSR count). The largest absolute Gasteiger partial charge is 0.322 e. The number of carbonyl (C=O) groups excluding carboxylic acids is 2. The van der Waals surface area contributed by atoms with E-state index in [0.717, 1.165) is 22.5 Å². The van der Waals surface area contributed by atoms with Gasteiger partial charge >= 0.3 is 0 Å². The van der Waals surface area contributed by atoms with E-state index in [1.165, 1.54) is 5.56 Å². The Morgan fingerprint density at radius 1 is 0.630 bits per heavy atom. The Bertz CT molecular complexity index is 992. The third kappa shape index (κ3) is 4.42. The Kier molecular flexibility index (Phi) is 5.36. The van der Waals surface area contributed by atoms with Crippen LogP contribution < -0.4 is 10.6 Å². The molecule has 0 saturated carbocycles. The van der Waals surface area contributed by atoms with Gasteiger partial charge < -0.3 is 10.6 Å². The molecule has 0 atom stereocenters. The predicted octanol–water partition coefficient (Wildman–Crippen LogP) is 5.12. The minimum absolute atomic E-state index is 0.203. The zero-order valence-electron chi connectivity index (χ0n) is 15.7. The zero-order chi connectivity index (χ0) is 19.4. The molecule has 0 aliphatic heterocycles. The van der Waals surface area contributed by atoms with E-state index in [-0.39, 0.29) is 11.8 Å². The number of nitrogens with one attached hydrogen (secondary N) is 2. The normalized spacial score (nSPS) is 10.3. The fourth-order valence-corrected chi connectivity index (χ4v) is 2.70. The van der Waals surface area contributed by atoms with Gasteiger partial charge in [-0.25, -0.2) is 0 Å². The van der Waals surface area contributed by atoms with Gasteiger partial charge in [0.2, 0.25) is 0 Å². The van der Waals surface area contributed by atoms with Gasteiger partial charge in [0.05, 0.1) is 0 Å². The van der Waals surface area contributed by atoms with E-state index < -0.39 is 0 Å². The van der Waals surface area contributed by atoms with Crippen molar-refractivity contribution in [2.24, 2.45) is 0 Å². The van der Waals surface area contributed by atoms with E-state index >= 15 is 0 Å². The number of hydrogen-bond acceptors (Lipinski definition) is 2. The standard InChI is InChI=1S/C23H22N2O2/c1-15-8-13-20(14-17(15)3)24-22(26)18-9-11-19(12-10-18)23(27)25-21-7-5-4-6-16(21)2/h4-14H,1-3H3,(H,24,26)(H,25,27). The molecule has 136 valence electrons. The molecule has 3 aromatic rings. The fraction of sp³-hybridized carbons (Fsp3) is 0.130. The second-order valence-corrected chi connectivity index (χ2v) is 6.60. The first-order chi connectivity index (χ1) is 12.9. The third-order valence-corrected chi connectivity index (χ3v) is 4.57. The highest BCUT2D eigenvalue weighted by Gasteiger charge is 2.10. The summed E-state index contributed by atoms with van der Waals surface area (Å²) < 4.78 is 0. The Balaban J connectivity index is 1.69. The lowest BCUT2D eigenvalue weighted by atomic mass is 10.1. The maximum Gasteiger partial charge on any atom is 0.255 e. The molecular weight excluding hydrogens is 336 g/mol. The first-order valence-corrected chi connectivity index (χ1v) is 8.79. The van der Waals surface area contributed by atoms with Gasteiger partial charge in [-0.05, 0) is 79.9 Å². The number of benzene rings is 3. The number of anilines is 2. The quantitative estimate of drug-likeness (QED) is 0.680. The Morgan fingerprint density at radius 3 is 1.81 bits per heavy atom. The van der Waals surface area contributed by atoms with Crippen molar-refractivity contribution in [3.8, 4) is 0 Å². The zero-order valence-corrected chi connectivity index (χ0v) is 15.7. The van der Waals surface area contributed by atoms with E-state index in [9.17, 15) is 9.59 Å². The van der Waals surface area contributed by atoms with E-state index in [0.29, 0.717) is 11.1 Å². The van der Waals surface area contributed by atoms with Crippen molar-refractivity contribution in [3.63, 3.8) is 0 Å². The minimum Gasteiger partial charge on any atom is -0.322 e.